The lowest BCUT2D eigenvalue weighted by atomic mass is 10.1. The van der Waals surface area contributed by atoms with Gasteiger partial charge in [0.1, 0.15) is 5.82 Å². The molecule has 1 saturated carbocycles. The Bertz CT molecular complexity index is 1150. The number of aromatic nitrogens is 1. The van der Waals surface area contributed by atoms with Crippen molar-refractivity contribution in [1.29, 1.82) is 0 Å². The van der Waals surface area contributed by atoms with Gasteiger partial charge >= 0.3 is 12.1 Å². The first kappa shape index (κ1) is 21.5. The number of alkyl halides is 3. The first-order chi connectivity index (χ1) is 15.2. The largest absolute Gasteiger partial charge is 0.471 e. The molecule has 4 rings (SSSR count). The highest BCUT2D eigenvalue weighted by Gasteiger charge is 2.44. The molecule has 2 atom stereocenters. The second kappa shape index (κ2) is 8.41. The number of nitrogens with one attached hydrogen (secondary N) is 2. The van der Waals surface area contributed by atoms with E-state index in [1.807, 2.05) is 6.07 Å². The van der Waals surface area contributed by atoms with Crippen LogP contribution in [0.5, 0.6) is 0 Å². The molecule has 3 aromatic rings. The van der Waals surface area contributed by atoms with E-state index in [0.29, 0.717) is 12.1 Å². The summed E-state index contributed by atoms with van der Waals surface area (Å²) < 4.78 is 50.7. The maximum atomic E-state index is 13.1. The van der Waals surface area contributed by atoms with E-state index in [4.69, 9.17) is 0 Å². The Labute approximate surface area is 180 Å². The van der Waals surface area contributed by atoms with Gasteiger partial charge in [-0.2, -0.15) is 13.2 Å². The van der Waals surface area contributed by atoms with Gasteiger partial charge in [0.25, 0.3) is 0 Å². The Morgan fingerprint density at radius 3 is 2.16 bits per heavy atom. The van der Waals surface area contributed by atoms with E-state index in [1.165, 1.54) is 30.3 Å². The van der Waals surface area contributed by atoms with E-state index in [0.717, 1.165) is 11.1 Å². The summed E-state index contributed by atoms with van der Waals surface area (Å²) in [6, 6.07) is 15.3. The molecule has 2 aromatic carbocycles. The number of hydrogen-bond acceptors (Lipinski definition) is 3. The Hall–Kier alpha value is -3.75. The minimum absolute atomic E-state index is 0.0679. The van der Waals surface area contributed by atoms with Crippen LogP contribution in [0.1, 0.15) is 17.9 Å². The number of halogens is 4. The maximum Gasteiger partial charge on any atom is 0.471 e. The van der Waals surface area contributed by atoms with E-state index in [2.05, 4.69) is 10.3 Å². The molecule has 1 aliphatic carbocycles. The zero-order chi connectivity index (χ0) is 22.9. The standard InChI is InChI=1S/C23H17F4N3O2/c24-15-8-5-13(6-9-15)18-10-7-14(12-28-18)16-11-17(16)21(31)29-19-3-1-2-4-20(19)30-22(32)23(25,26)27/h1-10,12,16-17H,11H2,(H,29,31)(H,30,32). The topological polar surface area (TPSA) is 71.1 Å². The summed E-state index contributed by atoms with van der Waals surface area (Å²) in [5.74, 6) is -3.24. The Morgan fingerprint density at radius 2 is 1.56 bits per heavy atom. The third kappa shape index (κ3) is 4.77. The van der Waals surface area contributed by atoms with Gasteiger partial charge in [0.05, 0.1) is 17.1 Å². The maximum absolute atomic E-state index is 13.1. The predicted molar refractivity (Wildman–Crippen MR) is 110 cm³/mol. The molecule has 0 bridgehead atoms. The van der Waals surface area contributed by atoms with Crippen molar-refractivity contribution >= 4 is 23.2 Å². The lowest BCUT2D eigenvalue weighted by Crippen LogP contribution is -2.30. The van der Waals surface area contributed by atoms with E-state index < -0.39 is 12.1 Å². The van der Waals surface area contributed by atoms with Gasteiger partial charge in [-0.3, -0.25) is 14.6 Å². The molecule has 5 nitrogen and oxygen atoms in total. The number of hydrogen-bond donors (Lipinski definition) is 2. The molecule has 2 unspecified atom stereocenters. The summed E-state index contributed by atoms with van der Waals surface area (Å²) in [6.45, 7) is 0. The molecule has 0 aliphatic heterocycles. The van der Waals surface area contributed by atoms with Crippen LogP contribution in [0.2, 0.25) is 0 Å². The van der Waals surface area contributed by atoms with E-state index in [9.17, 15) is 27.2 Å². The van der Waals surface area contributed by atoms with Crippen LogP contribution >= 0.6 is 0 Å². The van der Waals surface area contributed by atoms with Crippen molar-refractivity contribution in [2.24, 2.45) is 5.92 Å². The first-order valence-corrected chi connectivity index (χ1v) is 9.72. The minimum Gasteiger partial charge on any atom is -0.324 e. The highest BCUT2D eigenvalue weighted by molar-refractivity contribution is 6.02. The summed E-state index contributed by atoms with van der Waals surface area (Å²) in [5.41, 5.74) is 2.25. The van der Waals surface area contributed by atoms with Crippen LogP contribution in [-0.2, 0) is 9.59 Å². The molecule has 1 aliphatic rings. The fourth-order valence-electron chi connectivity index (χ4n) is 3.39. The van der Waals surface area contributed by atoms with Gasteiger partial charge in [0.15, 0.2) is 0 Å². The van der Waals surface area contributed by atoms with Crippen molar-refractivity contribution in [3.05, 3.63) is 78.2 Å². The first-order valence-electron chi connectivity index (χ1n) is 9.72. The van der Waals surface area contributed by atoms with Gasteiger partial charge in [-0.05, 0) is 60.4 Å². The van der Waals surface area contributed by atoms with Gasteiger partial charge in [0.2, 0.25) is 5.91 Å². The Kier molecular flexibility index (Phi) is 5.65. The van der Waals surface area contributed by atoms with Gasteiger partial charge in [-0.15, -0.1) is 0 Å². The van der Waals surface area contributed by atoms with Crippen LogP contribution in [0.3, 0.4) is 0 Å². The number of para-hydroxylation sites is 2. The van der Waals surface area contributed by atoms with Crippen molar-refractivity contribution in [2.75, 3.05) is 10.6 Å². The number of nitrogens with zero attached hydrogens (tertiary/aromatic N) is 1. The molecule has 9 heteroatoms. The fraction of sp³-hybridized carbons (Fsp3) is 0.174. The van der Waals surface area contributed by atoms with Crippen molar-refractivity contribution < 1.29 is 27.2 Å². The number of carbonyl (C=O) groups excluding carboxylic acids is 2. The zero-order valence-electron chi connectivity index (χ0n) is 16.5. The quantitative estimate of drug-likeness (QED) is 0.537. The van der Waals surface area contributed by atoms with Crippen LogP contribution < -0.4 is 10.6 Å². The molecule has 0 radical (unpaired) electrons. The lowest BCUT2D eigenvalue weighted by molar-refractivity contribution is -0.167. The molecule has 2 amide bonds. The highest BCUT2D eigenvalue weighted by Crippen LogP contribution is 2.48. The van der Waals surface area contributed by atoms with Crippen LogP contribution in [0, 0.1) is 11.7 Å². The Morgan fingerprint density at radius 1 is 0.906 bits per heavy atom. The van der Waals surface area contributed by atoms with Crippen LogP contribution in [0.25, 0.3) is 11.3 Å². The van der Waals surface area contributed by atoms with Crippen molar-refractivity contribution in [3.8, 4) is 11.3 Å². The minimum atomic E-state index is -5.04. The van der Waals surface area contributed by atoms with Crippen molar-refractivity contribution in [1.82, 2.24) is 4.98 Å². The van der Waals surface area contributed by atoms with Crippen LogP contribution in [0.4, 0.5) is 28.9 Å². The van der Waals surface area contributed by atoms with Gasteiger partial charge in [0, 0.05) is 17.7 Å². The van der Waals surface area contributed by atoms with Crippen molar-refractivity contribution in [2.45, 2.75) is 18.5 Å². The van der Waals surface area contributed by atoms with E-state index in [-0.39, 0.29) is 34.9 Å². The molecule has 0 spiro atoms. The number of pyridine rings is 1. The number of rotatable bonds is 5. The van der Waals surface area contributed by atoms with E-state index in [1.54, 1.807) is 35.8 Å². The summed E-state index contributed by atoms with van der Waals surface area (Å²) in [7, 11) is 0. The molecule has 2 N–H and O–H groups in total. The molecule has 1 heterocycles. The zero-order valence-corrected chi connectivity index (χ0v) is 16.5. The molecule has 0 saturated heterocycles. The van der Waals surface area contributed by atoms with E-state index >= 15 is 0 Å². The smallest absolute Gasteiger partial charge is 0.324 e. The normalized spacial score (nSPS) is 17.5. The molecular weight excluding hydrogens is 426 g/mol. The second-order valence-electron chi connectivity index (χ2n) is 7.42. The van der Waals surface area contributed by atoms with Crippen LogP contribution in [0.15, 0.2) is 66.9 Å². The van der Waals surface area contributed by atoms with Gasteiger partial charge < -0.3 is 10.6 Å². The summed E-state index contributed by atoms with van der Waals surface area (Å²) >= 11 is 0. The molecule has 164 valence electrons. The number of carbonyl (C=O) groups is 2. The summed E-state index contributed by atoms with van der Waals surface area (Å²) in [6.07, 6.45) is -2.81. The third-order valence-corrected chi connectivity index (χ3v) is 5.17. The van der Waals surface area contributed by atoms with Crippen molar-refractivity contribution in [3.63, 3.8) is 0 Å². The van der Waals surface area contributed by atoms with Gasteiger partial charge in [-0.25, -0.2) is 4.39 Å². The van der Waals surface area contributed by atoms with Crippen LogP contribution in [-0.4, -0.2) is 23.0 Å². The summed E-state index contributed by atoms with van der Waals surface area (Å²) in [5, 5.41) is 4.37. The fourth-order valence-corrected chi connectivity index (χ4v) is 3.39. The summed E-state index contributed by atoms with van der Waals surface area (Å²) in [4.78, 5) is 28.2. The molecule has 1 aromatic heterocycles. The lowest BCUT2D eigenvalue weighted by Gasteiger charge is -2.13. The monoisotopic (exact) mass is 443 g/mol. The average molecular weight is 443 g/mol. The highest BCUT2D eigenvalue weighted by atomic mass is 19.4. The molecular formula is C23H17F4N3O2. The third-order valence-electron chi connectivity index (χ3n) is 5.17. The predicted octanol–water partition coefficient (Wildman–Crippen LogP) is 5.13. The number of amides is 2. The number of benzene rings is 2. The SMILES string of the molecule is O=C(Nc1ccccc1NC(=O)C(F)(F)F)C1CC1c1ccc(-c2ccc(F)cc2)nc1. The van der Waals surface area contributed by atoms with Gasteiger partial charge in [-0.1, -0.05) is 18.2 Å². The molecule has 32 heavy (non-hydrogen) atoms. The second-order valence-corrected chi connectivity index (χ2v) is 7.42. The average Bonchev–Trinajstić information content (AvgIpc) is 3.56. The Balaban J connectivity index is 1.40. The molecule has 1 fully saturated rings. The number of anilines is 2.